The maximum absolute atomic E-state index is 12.2. The minimum Gasteiger partial charge on any atom is -0.370 e. The van der Waals surface area contributed by atoms with Crippen molar-refractivity contribution >= 4 is 5.69 Å². The second-order valence-electron chi connectivity index (χ2n) is 5.12. The van der Waals surface area contributed by atoms with E-state index in [0.717, 1.165) is 18.8 Å². The number of hydrogen-bond acceptors (Lipinski definition) is 5. The molecule has 0 radical (unpaired) electrons. The lowest BCUT2D eigenvalue weighted by atomic mass is 10.1. The zero-order valence-corrected chi connectivity index (χ0v) is 13.0. The number of anilines is 1. The Morgan fingerprint density at radius 1 is 1.19 bits per heavy atom. The molecule has 1 saturated heterocycles. The molecule has 1 aromatic rings. The van der Waals surface area contributed by atoms with Crippen LogP contribution in [0.1, 0.15) is 33.1 Å². The fraction of sp³-hybridized carbons (Fsp3) is 0.733. The summed E-state index contributed by atoms with van der Waals surface area (Å²) in [6.45, 7) is 7.23. The van der Waals surface area contributed by atoms with Gasteiger partial charge in [-0.2, -0.15) is 5.10 Å². The molecule has 1 fully saturated rings. The van der Waals surface area contributed by atoms with Crippen LogP contribution in [0.2, 0.25) is 0 Å². The predicted molar refractivity (Wildman–Crippen MR) is 81.6 cm³/mol. The normalized spacial score (nSPS) is 15.7. The summed E-state index contributed by atoms with van der Waals surface area (Å²) >= 11 is 0. The second-order valence-corrected chi connectivity index (χ2v) is 5.12. The first kappa shape index (κ1) is 16.0. The average Bonchev–Trinajstić information content (AvgIpc) is 2.50. The number of piperidine rings is 1. The number of hydrogen-bond donors (Lipinski definition) is 0. The third-order valence-corrected chi connectivity index (χ3v) is 3.60. The van der Waals surface area contributed by atoms with Crippen LogP contribution in [0.4, 0.5) is 5.69 Å². The van der Waals surface area contributed by atoms with Gasteiger partial charge in [-0.3, -0.25) is 4.79 Å². The van der Waals surface area contributed by atoms with Gasteiger partial charge in [0.25, 0.3) is 5.56 Å². The molecule has 1 aromatic heterocycles. The van der Waals surface area contributed by atoms with E-state index >= 15 is 0 Å². The standard InChI is InChI=1S/C15H25N3O3/c1-3-20-15(21-4-2)12-18-14(19)10-13(11-16-18)17-8-6-5-7-9-17/h10-11,15H,3-9,12H2,1-2H3. The van der Waals surface area contributed by atoms with Crippen LogP contribution in [0.5, 0.6) is 0 Å². The third-order valence-electron chi connectivity index (χ3n) is 3.60. The Morgan fingerprint density at radius 2 is 1.86 bits per heavy atom. The lowest BCUT2D eigenvalue weighted by Gasteiger charge is -2.28. The Morgan fingerprint density at radius 3 is 2.43 bits per heavy atom. The first-order chi connectivity index (χ1) is 10.2. The number of ether oxygens (including phenoxy) is 2. The van der Waals surface area contributed by atoms with E-state index in [0.29, 0.717) is 19.8 Å². The maximum atomic E-state index is 12.2. The molecule has 2 heterocycles. The van der Waals surface area contributed by atoms with Crippen LogP contribution < -0.4 is 10.5 Å². The zero-order chi connectivity index (χ0) is 15.1. The predicted octanol–water partition coefficient (Wildman–Crippen LogP) is 1.63. The van der Waals surface area contributed by atoms with Crippen molar-refractivity contribution in [2.45, 2.75) is 45.9 Å². The Hall–Kier alpha value is -1.40. The molecule has 0 spiro atoms. The van der Waals surface area contributed by atoms with Gasteiger partial charge >= 0.3 is 0 Å². The largest absolute Gasteiger partial charge is 0.370 e. The van der Waals surface area contributed by atoms with E-state index in [9.17, 15) is 4.79 Å². The Bertz CT molecular complexity index is 477. The molecule has 0 bridgehead atoms. The molecule has 0 aromatic carbocycles. The van der Waals surface area contributed by atoms with E-state index in [1.165, 1.54) is 23.9 Å². The molecule has 6 nitrogen and oxygen atoms in total. The highest BCUT2D eigenvalue weighted by atomic mass is 16.7. The van der Waals surface area contributed by atoms with Crippen molar-refractivity contribution in [3.8, 4) is 0 Å². The summed E-state index contributed by atoms with van der Waals surface area (Å²) in [5.74, 6) is 0. The molecule has 0 atom stereocenters. The van der Waals surface area contributed by atoms with Gasteiger partial charge in [0.1, 0.15) is 0 Å². The summed E-state index contributed by atoms with van der Waals surface area (Å²) in [7, 11) is 0. The van der Waals surface area contributed by atoms with Crippen LogP contribution in [0, 0.1) is 0 Å². The highest BCUT2D eigenvalue weighted by molar-refractivity contribution is 5.43. The van der Waals surface area contributed by atoms with Crippen LogP contribution in [-0.2, 0) is 16.0 Å². The highest BCUT2D eigenvalue weighted by Crippen LogP contribution is 2.16. The van der Waals surface area contributed by atoms with E-state index in [-0.39, 0.29) is 5.56 Å². The van der Waals surface area contributed by atoms with Crippen molar-refractivity contribution in [2.24, 2.45) is 0 Å². The van der Waals surface area contributed by atoms with E-state index < -0.39 is 6.29 Å². The van der Waals surface area contributed by atoms with Crippen molar-refractivity contribution in [3.05, 3.63) is 22.6 Å². The van der Waals surface area contributed by atoms with Crippen molar-refractivity contribution in [1.29, 1.82) is 0 Å². The van der Waals surface area contributed by atoms with Crippen LogP contribution >= 0.6 is 0 Å². The van der Waals surface area contributed by atoms with Gasteiger partial charge in [0.15, 0.2) is 6.29 Å². The number of aromatic nitrogens is 2. The first-order valence-electron chi connectivity index (χ1n) is 7.80. The van der Waals surface area contributed by atoms with E-state index in [4.69, 9.17) is 9.47 Å². The Balaban J connectivity index is 2.05. The SMILES string of the molecule is CCOC(Cn1ncc(N2CCCCC2)cc1=O)OCC. The zero-order valence-electron chi connectivity index (χ0n) is 13.0. The summed E-state index contributed by atoms with van der Waals surface area (Å²) in [5, 5.41) is 4.26. The summed E-state index contributed by atoms with van der Waals surface area (Å²) in [6.07, 6.45) is 4.97. The Labute approximate surface area is 125 Å². The Kier molecular flexibility index (Phi) is 6.20. The molecule has 6 heteroatoms. The van der Waals surface area contributed by atoms with Gasteiger partial charge in [-0.15, -0.1) is 0 Å². The molecule has 1 aliphatic rings. The molecule has 21 heavy (non-hydrogen) atoms. The topological polar surface area (TPSA) is 56.6 Å². The number of nitrogens with zero attached hydrogens (tertiary/aromatic N) is 3. The van der Waals surface area contributed by atoms with Crippen LogP contribution in [-0.4, -0.2) is 42.4 Å². The van der Waals surface area contributed by atoms with Gasteiger partial charge in [0.05, 0.1) is 18.4 Å². The molecular formula is C15H25N3O3. The van der Waals surface area contributed by atoms with E-state index in [1.807, 2.05) is 13.8 Å². The van der Waals surface area contributed by atoms with E-state index in [1.54, 1.807) is 12.3 Å². The highest BCUT2D eigenvalue weighted by Gasteiger charge is 2.14. The average molecular weight is 295 g/mol. The number of rotatable bonds is 7. The fourth-order valence-electron chi connectivity index (χ4n) is 2.55. The molecule has 0 N–H and O–H groups in total. The molecule has 0 amide bonds. The quantitative estimate of drug-likeness (QED) is 0.716. The second kappa shape index (κ2) is 8.14. The molecule has 0 aliphatic carbocycles. The fourth-order valence-corrected chi connectivity index (χ4v) is 2.55. The lowest BCUT2D eigenvalue weighted by molar-refractivity contribution is -0.145. The van der Waals surface area contributed by atoms with Crippen LogP contribution in [0.25, 0.3) is 0 Å². The summed E-state index contributed by atoms with van der Waals surface area (Å²) in [5.41, 5.74) is 0.808. The summed E-state index contributed by atoms with van der Waals surface area (Å²) < 4.78 is 12.3. The van der Waals surface area contributed by atoms with Crippen molar-refractivity contribution in [3.63, 3.8) is 0 Å². The van der Waals surface area contributed by atoms with E-state index in [2.05, 4.69) is 10.00 Å². The molecule has 2 rings (SSSR count). The molecule has 1 aliphatic heterocycles. The van der Waals surface area contributed by atoms with Gasteiger partial charge in [0.2, 0.25) is 0 Å². The maximum Gasteiger partial charge on any atom is 0.268 e. The smallest absolute Gasteiger partial charge is 0.268 e. The monoisotopic (exact) mass is 295 g/mol. The van der Waals surface area contributed by atoms with Gasteiger partial charge in [-0.1, -0.05) is 0 Å². The van der Waals surface area contributed by atoms with Crippen molar-refractivity contribution in [1.82, 2.24) is 9.78 Å². The molecule has 0 unspecified atom stereocenters. The molecular weight excluding hydrogens is 270 g/mol. The first-order valence-corrected chi connectivity index (χ1v) is 7.80. The lowest BCUT2D eigenvalue weighted by Crippen LogP contribution is -2.34. The van der Waals surface area contributed by atoms with Gasteiger partial charge in [-0.25, -0.2) is 4.68 Å². The minimum absolute atomic E-state index is 0.109. The molecule has 118 valence electrons. The van der Waals surface area contributed by atoms with Gasteiger partial charge in [-0.05, 0) is 33.1 Å². The van der Waals surface area contributed by atoms with Gasteiger partial charge in [0, 0.05) is 32.4 Å². The molecule has 0 saturated carbocycles. The van der Waals surface area contributed by atoms with Crippen molar-refractivity contribution in [2.75, 3.05) is 31.2 Å². The van der Waals surface area contributed by atoms with Crippen LogP contribution in [0.3, 0.4) is 0 Å². The van der Waals surface area contributed by atoms with Crippen molar-refractivity contribution < 1.29 is 9.47 Å². The third kappa shape index (κ3) is 4.54. The minimum atomic E-state index is -0.425. The van der Waals surface area contributed by atoms with Crippen LogP contribution in [0.15, 0.2) is 17.1 Å². The van der Waals surface area contributed by atoms with Gasteiger partial charge < -0.3 is 14.4 Å². The summed E-state index contributed by atoms with van der Waals surface area (Å²) in [4.78, 5) is 14.4. The summed E-state index contributed by atoms with van der Waals surface area (Å²) in [6, 6.07) is 1.66.